The Kier molecular flexibility index (Phi) is 6.00. The molecule has 0 bridgehead atoms. The summed E-state index contributed by atoms with van der Waals surface area (Å²) >= 11 is 5.76. The Balaban J connectivity index is 1.79. The van der Waals surface area contributed by atoms with Gasteiger partial charge < -0.3 is 14.8 Å². The van der Waals surface area contributed by atoms with Crippen LogP contribution < -0.4 is 10.1 Å². The van der Waals surface area contributed by atoms with Crippen LogP contribution in [0.4, 0.5) is 14.6 Å². The van der Waals surface area contributed by atoms with Crippen molar-refractivity contribution in [1.29, 1.82) is 0 Å². The van der Waals surface area contributed by atoms with Crippen LogP contribution in [0.1, 0.15) is 16.1 Å². The molecule has 1 aromatic heterocycles. The van der Waals surface area contributed by atoms with Gasteiger partial charge in [-0.25, -0.2) is 23.5 Å². The van der Waals surface area contributed by atoms with Gasteiger partial charge >= 0.3 is 5.97 Å². The number of esters is 1. The van der Waals surface area contributed by atoms with Gasteiger partial charge in [0.15, 0.2) is 5.69 Å². The lowest BCUT2D eigenvalue weighted by molar-refractivity contribution is 0.0594. The van der Waals surface area contributed by atoms with Crippen molar-refractivity contribution in [2.45, 2.75) is 6.54 Å². The first-order valence-electron chi connectivity index (χ1n) is 8.02. The summed E-state index contributed by atoms with van der Waals surface area (Å²) in [5.41, 5.74) is 0.551. The Bertz CT molecular complexity index is 1020. The number of ether oxygens (including phenoxy) is 2. The highest BCUT2D eigenvalue weighted by Gasteiger charge is 2.11. The van der Waals surface area contributed by atoms with Crippen molar-refractivity contribution in [1.82, 2.24) is 9.97 Å². The van der Waals surface area contributed by atoms with Crippen LogP contribution >= 0.6 is 11.6 Å². The van der Waals surface area contributed by atoms with E-state index in [1.54, 1.807) is 0 Å². The largest absolute Gasteiger partial charge is 0.464 e. The molecular formula is C19H14ClF2N3O3. The number of aromatic nitrogens is 2. The van der Waals surface area contributed by atoms with Gasteiger partial charge in [0.1, 0.15) is 35.3 Å². The quantitative estimate of drug-likeness (QED) is 0.604. The number of carbonyl (C=O) groups excluding carboxylic acids is 1. The SMILES string of the molecule is COC(=O)c1cc(NCc2cc(F)ccc2Oc2ccc(F)c(Cl)c2)ncn1. The van der Waals surface area contributed by atoms with Crippen molar-refractivity contribution in [3.63, 3.8) is 0 Å². The third-order valence-electron chi connectivity index (χ3n) is 3.66. The number of rotatable bonds is 6. The maximum atomic E-state index is 13.7. The Hall–Kier alpha value is -3.26. The Labute approximate surface area is 164 Å². The molecule has 1 heterocycles. The highest BCUT2D eigenvalue weighted by Crippen LogP contribution is 2.29. The molecule has 28 heavy (non-hydrogen) atoms. The molecule has 2 aromatic carbocycles. The van der Waals surface area contributed by atoms with Crippen molar-refractivity contribution in [2.75, 3.05) is 12.4 Å². The molecule has 3 rings (SSSR count). The maximum absolute atomic E-state index is 13.7. The van der Waals surface area contributed by atoms with Crippen molar-refractivity contribution < 1.29 is 23.0 Å². The standard InChI is InChI=1S/C19H14ClF2N3O3/c1-27-19(26)16-8-18(25-10-24-16)23-9-11-6-12(21)2-5-17(11)28-13-3-4-15(22)14(20)7-13/h2-8,10H,9H2,1H3,(H,23,24,25). The van der Waals surface area contributed by atoms with E-state index in [4.69, 9.17) is 16.3 Å². The molecule has 9 heteroatoms. The molecule has 0 aliphatic carbocycles. The number of anilines is 1. The van der Waals surface area contributed by atoms with Crippen LogP contribution in [0, 0.1) is 11.6 Å². The predicted molar refractivity (Wildman–Crippen MR) is 98.6 cm³/mol. The molecule has 0 saturated carbocycles. The summed E-state index contributed by atoms with van der Waals surface area (Å²) in [6.45, 7) is 0.139. The number of hydrogen-bond acceptors (Lipinski definition) is 6. The van der Waals surface area contributed by atoms with Crippen molar-refractivity contribution in [2.24, 2.45) is 0 Å². The van der Waals surface area contributed by atoms with Gasteiger partial charge in [0.25, 0.3) is 0 Å². The predicted octanol–water partition coefficient (Wildman–Crippen LogP) is 4.60. The van der Waals surface area contributed by atoms with Gasteiger partial charge in [-0.15, -0.1) is 0 Å². The van der Waals surface area contributed by atoms with Crippen LogP contribution in [0.3, 0.4) is 0 Å². The van der Waals surface area contributed by atoms with Crippen LogP contribution in [-0.2, 0) is 11.3 Å². The van der Waals surface area contributed by atoms with Gasteiger partial charge in [-0.05, 0) is 30.3 Å². The molecule has 6 nitrogen and oxygen atoms in total. The fourth-order valence-electron chi connectivity index (χ4n) is 2.31. The van der Waals surface area contributed by atoms with E-state index in [1.165, 1.54) is 55.9 Å². The van der Waals surface area contributed by atoms with E-state index < -0.39 is 17.6 Å². The molecule has 0 unspecified atom stereocenters. The molecule has 0 radical (unpaired) electrons. The minimum Gasteiger partial charge on any atom is -0.464 e. The summed E-state index contributed by atoms with van der Waals surface area (Å²) in [5.74, 6) is -0.642. The Morgan fingerprint density at radius 2 is 1.96 bits per heavy atom. The summed E-state index contributed by atoms with van der Waals surface area (Å²) in [5, 5.41) is 2.88. The zero-order chi connectivity index (χ0) is 20.1. The van der Waals surface area contributed by atoms with Crippen molar-refractivity contribution in [3.8, 4) is 11.5 Å². The molecule has 0 saturated heterocycles. The topological polar surface area (TPSA) is 73.3 Å². The zero-order valence-corrected chi connectivity index (χ0v) is 15.3. The van der Waals surface area contributed by atoms with E-state index in [2.05, 4.69) is 20.0 Å². The Morgan fingerprint density at radius 1 is 1.14 bits per heavy atom. The van der Waals surface area contributed by atoms with Gasteiger partial charge in [-0.2, -0.15) is 0 Å². The van der Waals surface area contributed by atoms with Gasteiger partial charge in [0.2, 0.25) is 0 Å². The Morgan fingerprint density at radius 3 is 2.71 bits per heavy atom. The molecular weight excluding hydrogens is 392 g/mol. The van der Waals surface area contributed by atoms with Gasteiger partial charge in [-0.3, -0.25) is 0 Å². The maximum Gasteiger partial charge on any atom is 0.356 e. The number of nitrogens with one attached hydrogen (secondary N) is 1. The first kappa shape index (κ1) is 19.5. The summed E-state index contributed by atoms with van der Waals surface area (Å²) in [6, 6.07) is 9.29. The molecule has 0 aliphatic heterocycles. The summed E-state index contributed by atoms with van der Waals surface area (Å²) < 4.78 is 37.3. The van der Waals surface area contributed by atoms with E-state index in [-0.39, 0.29) is 17.3 Å². The molecule has 0 fully saturated rings. The van der Waals surface area contributed by atoms with Gasteiger partial charge in [-0.1, -0.05) is 11.6 Å². The normalized spacial score (nSPS) is 10.4. The molecule has 0 aliphatic rings. The molecule has 0 atom stereocenters. The molecule has 144 valence electrons. The van der Waals surface area contributed by atoms with Crippen LogP contribution in [0.2, 0.25) is 5.02 Å². The van der Waals surface area contributed by atoms with E-state index in [1.807, 2.05) is 0 Å². The summed E-state index contributed by atoms with van der Waals surface area (Å²) in [4.78, 5) is 19.4. The third-order valence-corrected chi connectivity index (χ3v) is 3.95. The zero-order valence-electron chi connectivity index (χ0n) is 14.6. The first-order valence-corrected chi connectivity index (χ1v) is 8.39. The van der Waals surface area contributed by atoms with Crippen LogP contribution in [0.25, 0.3) is 0 Å². The minimum absolute atomic E-state index is 0.0802. The molecule has 0 amide bonds. The number of halogens is 3. The number of methoxy groups -OCH3 is 1. The lowest BCUT2D eigenvalue weighted by Gasteiger charge is -2.13. The number of nitrogens with zero attached hydrogens (tertiary/aromatic N) is 2. The second-order valence-corrected chi connectivity index (χ2v) is 5.97. The highest BCUT2D eigenvalue weighted by atomic mass is 35.5. The van der Waals surface area contributed by atoms with E-state index in [9.17, 15) is 13.6 Å². The molecule has 3 aromatic rings. The van der Waals surface area contributed by atoms with Gasteiger partial charge in [0, 0.05) is 24.2 Å². The third kappa shape index (κ3) is 4.72. The fourth-order valence-corrected chi connectivity index (χ4v) is 2.48. The van der Waals surface area contributed by atoms with Crippen molar-refractivity contribution >= 4 is 23.4 Å². The van der Waals surface area contributed by atoms with Crippen LogP contribution in [0.5, 0.6) is 11.5 Å². The van der Waals surface area contributed by atoms with E-state index in [0.717, 1.165) is 0 Å². The summed E-state index contributed by atoms with van der Waals surface area (Å²) in [6.07, 6.45) is 1.21. The smallest absolute Gasteiger partial charge is 0.356 e. The second kappa shape index (κ2) is 8.62. The van der Waals surface area contributed by atoms with E-state index in [0.29, 0.717) is 22.9 Å². The fraction of sp³-hybridized carbons (Fsp3) is 0.105. The highest BCUT2D eigenvalue weighted by molar-refractivity contribution is 6.30. The lowest BCUT2D eigenvalue weighted by atomic mass is 10.2. The molecule has 1 N–H and O–H groups in total. The van der Waals surface area contributed by atoms with Gasteiger partial charge in [0.05, 0.1) is 12.1 Å². The average molecular weight is 406 g/mol. The summed E-state index contributed by atoms with van der Waals surface area (Å²) in [7, 11) is 1.25. The number of hydrogen-bond donors (Lipinski definition) is 1. The van der Waals surface area contributed by atoms with Crippen LogP contribution in [-0.4, -0.2) is 23.0 Å². The average Bonchev–Trinajstić information content (AvgIpc) is 2.70. The minimum atomic E-state index is -0.603. The monoisotopic (exact) mass is 405 g/mol. The van der Waals surface area contributed by atoms with Crippen molar-refractivity contribution in [3.05, 3.63) is 76.7 Å². The lowest BCUT2D eigenvalue weighted by Crippen LogP contribution is -2.08. The second-order valence-electron chi connectivity index (χ2n) is 5.56. The number of benzene rings is 2. The van der Waals surface area contributed by atoms with E-state index >= 15 is 0 Å². The van der Waals surface area contributed by atoms with Crippen LogP contribution in [0.15, 0.2) is 48.8 Å². The molecule has 0 spiro atoms. The first-order chi connectivity index (χ1) is 13.5. The number of carbonyl (C=O) groups is 1.